The van der Waals surface area contributed by atoms with Gasteiger partial charge >= 0.3 is 5.97 Å². The Kier molecular flexibility index (Phi) is 5.92. The third kappa shape index (κ3) is 4.85. The smallest absolute Gasteiger partial charge is 0.344 e. The van der Waals surface area contributed by atoms with E-state index in [1.54, 1.807) is 54.6 Å². The molecule has 0 aromatic heterocycles. The fourth-order valence-corrected chi connectivity index (χ4v) is 3.39. The second-order valence-corrected chi connectivity index (χ2v) is 7.99. The average Bonchev–Trinajstić information content (AvgIpc) is 2.69. The van der Waals surface area contributed by atoms with Gasteiger partial charge in [0.1, 0.15) is 0 Å². The fraction of sp³-hybridized carbons (Fsp3) is 0.0476. The minimum atomic E-state index is -4.07. The van der Waals surface area contributed by atoms with E-state index in [2.05, 4.69) is 4.40 Å². The highest BCUT2D eigenvalue weighted by atomic mass is 35.5. The molecular formula is C21H16ClNO4S. The van der Waals surface area contributed by atoms with Gasteiger partial charge in [0, 0.05) is 10.6 Å². The molecule has 0 fully saturated rings. The Balaban J connectivity index is 1.99. The van der Waals surface area contributed by atoms with Gasteiger partial charge in [-0.2, -0.15) is 8.42 Å². The molecule has 0 aliphatic heterocycles. The number of hydrogen-bond acceptors (Lipinski definition) is 4. The highest BCUT2D eigenvalue weighted by Crippen LogP contribution is 2.17. The number of sulfonamides is 1. The zero-order chi connectivity index (χ0) is 20.1. The van der Waals surface area contributed by atoms with Crippen LogP contribution in [0.2, 0.25) is 5.02 Å². The Morgan fingerprint density at radius 3 is 2.07 bits per heavy atom. The Labute approximate surface area is 168 Å². The third-order valence-electron chi connectivity index (χ3n) is 3.81. The van der Waals surface area contributed by atoms with Gasteiger partial charge in [0.15, 0.2) is 0 Å². The van der Waals surface area contributed by atoms with Crippen LogP contribution in [0.3, 0.4) is 0 Å². The first-order valence-corrected chi connectivity index (χ1v) is 10.1. The van der Waals surface area contributed by atoms with Crippen molar-refractivity contribution in [2.24, 2.45) is 4.40 Å². The van der Waals surface area contributed by atoms with Crippen molar-refractivity contribution < 1.29 is 17.9 Å². The number of aryl methyl sites for hydroxylation is 1. The number of carbonyl (C=O) groups excluding carboxylic acids is 1. The second kappa shape index (κ2) is 8.37. The van der Waals surface area contributed by atoms with Gasteiger partial charge in [-0.25, -0.2) is 4.79 Å². The molecule has 142 valence electrons. The van der Waals surface area contributed by atoms with E-state index < -0.39 is 16.0 Å². The SMILES string of the molecule is Cc1ccc(S(=O)(=O)/N=C(/OC(=O)c2ccc(Cl)cc2)c2ccccc2)cc1. The highest BCUT2D eigenvalue weighted by molar-refractivity contribution is 7.90. The van der Waals surface area contributed by atoms with E-state index in [4.69, 9.17) is 16.3 Å². The number of carbonyl (C=O) groups is 1. The Bertz CT molecular complexity index is 1110. The number of benzene rings is 3. The zero-order valence-electron chi connectivity index (χ0n) is 14.9. The number of esters is 1. The van der Waals surface area contributed by atoms with E-state index >= 15 is 0 Å². The largest absolute Gasteiger partial charge is 0.402 e. The van der Waals surface area contributed by atoms with Crippen molar-refractivity contribution in [2.45, 2.75) is 11.8 Å². The lowest BCUT2D eigenvalue weighted by Crippen LogP contribution is -2.16. The number of halogens is 1. The van der Waals surface area contributed by atoms with E-state index in [-0.39, 0.29) is 16.4 Å². The van der Waals surface area contributed by atoms with Gasteiger partial charge in [-0.1, -0.05) is 47.5 Å². The third-order valence-corrected chi connectivity index (χ3v) is 5.34. The first kappa shape index (κ1) is 19.8. The summed E-state index contributed by atoms with van der Waals surface area (Å²) in [6.45, 7) is 1.85. The van der Waals surface area contributed by atoms with E-state index in [1.807, 2.05) is 6.92 Å². The summed E-state index contributed by atoms with van der Waals surface area (Å²) >= 11 is 5.83. The minimum Gasteiger partial charge on any atom is -0.402 e. The van der Waals surface area contributed by atoms with Gasteiger partial charge in [0.05, 0.1) is 10.5 Å². The first-order valence-electron chi connectivity index (χ1n) is 8.30. The lowest BCUT2D eigenvalue weighted by molar-refractivity contribution is 0.0718. The van der Waals surface area contributed by atoms with Crippen molar-refractivity contribution in [1.82, 2.24) is 0 Å². The lowest BCUT2D eigenvalue weighted by Gasteiger charge is -2.09. The molecule has 0 saturated carbocycles. The van der Waals surface area contributed by atoms with Crippen LogP contribution in [0.15, 0.2) is 88.2 Å². The van der Waals surface area contributed by atoms with E-state index in [9.17, 15) is 13.2 Å². The van der Waals surface area contributed by atoms with Crippen LogP contribution in [-0.4, -0.2) is 20.3 Å². The number of ether oxygens (including phenoxy) is 1. The fourth-order valence-electron chi connectivity index (χ4n) is 2.32. The summed E-state index contributed by atoms with van der Waals surface area (Å²) in [6.07, 6.45) is 0. The van der Waals surface area contributed by atoms with Gasteiger partial charge in [-0.3, -0.25) is 0 Å². The van der Waals surface area contributed by atoms with Crippen LogP contribution >= 0.6 is 11.6 Å². The molecule has 0 heterocycles. The van der Waals surface area contributed by atoms with Crippen molar-refractivity contribution in [1.29, 1.82) is 0 Å². The van der Waals surface area contributed by atoms with Crippen molar-refractivity contribution in [2.75, 3.05) is 0 Å². The molecule has 7 heteroatoms. The molecule has 0 atom stereocenters. The normalized spacial score (nSPS) is 11.9. The number of rotatable bonds is 4. The minimum absolute atomic E-state index is 0.00840. The molecule has 0 unspecified atom stereocenters. The maximum atomic E-state index is 12.7. The van der Waals surface area contributed by atoms with E-state index in [0.717, 1.165) is 5.56 Å². The molecule has 0 spiro atoms. The summed E-state index contributed by atoms with van der Waals surface area (Å²) in [5, 5.41) is 0.468. The lowest BCUT2D eigenvalue weighted by atomic mass is 10.2. The van der Waals surface area contributed by atoms with Gasteiger partial charge in [0.25, 0.3) is 10.0 Å². The molecule has 0 aliphatic rings. The van der Waals surface area contributed by atoms with Gasteiger partial charge in [-0.15, -0.1) is 4.40 Å². The maximum absolute atomic E-state index is 12.7. The van der Waals surface area contributed by atoms with Crippen LogP contribution in [0.4, 0.5) is 0 Å². The van der Waals surface area contributed by atoms with Crippen molar-refractivity contribution in [3.8, 4) is 0 Å². The van der Waals surface area contributed by atoms with Crippen molar-refractivity contribution >= 4 is 33.5 Å². The number of hydrogen-bond donors (Lipinski definition) is 0. The van der Waals surface area contributed by atoms with Crippen LogP contribution in [0.5, 0.6) is 0 Å². The quantitative estimate of drug-likeness (QED) is 0.355. The van der Waals surface area contributed by atoms with Crippen molar-refractivity contribution in [3.63, 3.8) is 0 Å². The second-order valence-electron chi connectivity index (χ2n) is 5.95. The Morgan fingerprint density at radius 2 is 1.46 bits per heavy atom. The topological polar surface area (TPSA) is 72.8 Å². The zero-order valence-corrected chi connectivity index (χ0v) is 16.4. The van der Waals surface area contributed by atoms with Crippen LogP contribution in [-0.2, 0) is 14.8 Å². The van der Waals surface area contributed by atoms with Crippen LogP contribution in [0.25, 0.3) is 0 Å². The van der Waals surface area contributed by atoms with Gasteiger partial charge < -0.3 is 4.74 Å². The van der Waals surface area contributed by atoms with Gasteiger partial charge in [-0.05, 0) is 55.5 Å². The molecule has 3 aromatic carbocycles. The molecule has 0 saturated heterocycles. The highest BCUT2D eigenvalue weighted by Gasteiger charge is 2.19. The monoisotopic (exact) mass is 413 g/mol. The Hall–Kier alpha value is -2.96. The standard InChI is InChI=1S/C21H16ClNO4S/c1-15-7-13-19(14-8-15)28(25,26)23-20(16-5-3-2-4-6-16)27-21(24)17-9-11-18(22)12-10-17/h2-14H,1H3/b23-20+. The van der Waals surface area contributed by atoms with E-state index in [0.29, 0.717) is 10.6 Å². The first-order chi connectivity index (χ1) is 13.3. The van der Waals surface area contributed by atoms with E-state index in [1.165, 1.54) is 24.3 Å². The van der Waals surface area contributed by atoms with Crippen molar-refractivity contribution in [3.05, 3.63) is 101 Å². The molecule has 0 aliphatic carbocycles. The van der Waals surface area contributed by atoms with Gasteiger partial charge in [0.2, 0.25) is 5.90 Å². The van der Waals surface area contributed by atoms with Crippen LogP contribution < -0.4 is 0 Å². The van der Waals surface area contributed by atoms with Crippen LogP contribution in [0.1, 0.15) is 21.5 Å². The summed E-state index contributed by atoms with van der Waals surface area (Å²) in [7, 11) is -4.07. The summed E-state index contributed by atoms with van der Waals surface area (Å²) in [6, 6.07) is 20.7. The average molecular weight is 414 g/mol. The summed E-state index contributed by atoms with van der Waals surface area (Å²) in [4.78, 5) is 12.5. The summed E-state index contributed by atoms with van der Waals surface area (Å²) < 4.78 is 34.5. The molecule has 28 heavy (non-hydrogen) atoms. The molecule has 3 aromatic rings. The maximum Gasteiger partial charge on any atom is 0.344 e. The Morgan fingerprint density at radius 1 is 0.857 bits per heavy atom. The molecule has 0 N–H and O–H groups in total. The molecule has 0 amide bonds. The molecule has 3 rings (SSSR count). The molecular weight excluding hydrogens is 398 g/mol. The predicted octanol–water partition coefficient (Wildman–Crippen LogP) is 4.64. The molecule has 5 nitrogen and oxygen atoms in total. The molecule has 0 bridgehead atoms. The summed E-state index contributed by atoms with van der Waals surface area (Å²) in [5.74, 6) is -1.04. The molecule has 0 radical (unpaired) electrons. The predicted molar refractivity (Wildman–Crippen MR) is 108 cm³/mol. The number of nitrogens with zero attached hydrogens (tertiary/aromatic N) is 1. The summed E-state index contributed by atoms with van der Waals surface area (Å²) in [5.41, 5.74) is 1.50. The van der Waals surface area contributed by atoms with Crippen LogP contribution in [0, 0.1) is 6.92 Å².